The summed E-state index contributed by atoms with van der Waals surface area (Å²) in [7, 11) is 0. The molecule has 0 unspecified atom stereocenters. The highest BCUT2D eigenvalue weighted by Gasteiger charge is 2.25. The van der Waals surface area contributed by atoms with Gasteiger partial charge in [0.15, 0.2) is 0 Å². The molecule has 1 heterocycles. The van der Waals surface area contributed by atoms with Gasteiger partial charge in [0.2, 0.25) is 17.5 Å². The number of carbonyl (C=O) groups is 1. The van der Waals surface area contributed by atoms with Crippen LogP contribution < -0.4 is 5.73 Å². The minimum Gasteiger partial charge on any atom is -0.461 e. The number of aromatic nitrogens is 1. The first-order valence-corrected chi connectivity index (χ1v) is 6.15. The van der Waals surface area contributed by atoms with Gasteiger partial charge in [0.25, 0.3) is 0 Å². The van der Waals surface area contributed by atoms with Crippen molar-refractivity contribution in [2.75, 3.05) is 12.3 Å². The van der Waals surface area contributed by atoms with Crippen molar-refractivity contribution in [1.82, 2.24) is 4.98 Å². The number of nitrogens with zero attached hydrogens (tertiary/aromatic N) is 1. The number of hydrogen-bond donors (Lipinski definition) is 1. The lowest BCUT2D eigenvalue weighted by Crippen LogP contribution is -2.09. The molecule has 0 bridgehead atoms. The third kappa shape index (κ3) is 2.60. The number of oxazole rings is 1. The van der Waals surface area contributed by atoms with Gasteiger partial charge in [0.05, 0.1) is 6.61 Å². The number of nitrogens with two attached hydrogens (primary N) is 1. The Bertz CT molecular complexity index is 394. The van der Waals surface area contributed by atoms with Gasteiger partial charge in [-0.25, -0.2) is 9.78 Å². The fourth-order valence-corrected chi connectivity index (χ4v) is 2.22. The molecule has 5 heteroatoms. The molecule has 2 rings (SSSR count). The summed E-state index contributed by atoms with van der Waals surface area (Å²) in [5.41, 5.74) is 5.77. The maximum absolute atomic E-state index is 11.5. The topological polar surface area (TPSA) is 78.3 Å². The zero-order chi connectivity index (χ0) is 12.3. The summed E-state index contributed by atoms with van der Waals surface area (Å²) in [6.45, 7) is 2.06. The minimum atomic E-state index is -0.504. The molecular weight excluding hydrogens is 220 g/mol. The molecule has 1 fully saturated rings. The number of hydrogen-bond acceptors (Lipinski definition) is 5. The second-order valence-corrected chi connectivity index (χ2v) is 4.32. The molecule has 2 N–H and O–H groups in total. The summed E-state index contributed by atoms with van der Waals surface area (Å²) in [5.74, 6) is 0.458. The fraction of sp³-hybridized carbons (Fsp3) is 0.667. The van der Waals surface area contributed by atoms with E-state index in [4.69, 9.17) is 14.9 Å². The Morgan fingerprint density at radius 1 is 1.47 bits per heavy atom. The molecule has 1 aromatic heterocycles. The Morgan fingerprint density at radius 3 is 2.82 bits per heavy atom. The maximum atomic E-state index is 11.5. The third-order valence-corrected chi connectivity index (χ3v) is 3.09. The van der Waals surface area contributed by atoms with Gasteiger partial charge in [-0.05, 0) is 19.8 Å². The van der Waals surface area contributed by atoms with Gasteiger partial charge in [-0.1, -0.05) is 19.3 Å². The number of anilines is 1. The largest absolute Gasteiger partial charge is 0.461 e. The molecule has 17 heavy (non-hydrogen) atoms. The molecule has 0 atom stereocenters. The maximum Gasteiger partial charge on any atom is 0.362 e. The first-order chi connectivity index (χ1) is 8.22. The summed E-state index contributed by atoms with van der Waals surface area (Å²) in [5, 5.41) is 0. The summed E-state index contributed by atoms with van der Waals surface area (Å²) in [6, 6.07) is 0. The molecule has 1 aliphatic carbocycles. The van der Waals surface area contributed by atoms with E-state index in [1.54, 1.807) is 6.92 Å². The first-order valence-electron chi connectivity index (χ1n) is 6.15. The molecule has 94 valence electrons. The van der Waals surface area contributed by atoms with E-state index in [1.807, 2.05) is 0 Å². The predicted octanol–water partition coefficient (Wildman–Crippen LogP) is 2.48. The van der Waals surface area contributed by atoms with Crippen LogP contribution in [0.4, 0.5) is 5.88 Å². The van der Waals surface area contributed by atoms with Gasteiger partial charge in [-0.3, -0.25) is 0 Å². The molecular formula is C12H18N2O3. The van der Waals surface area contributed by atoms with E-state index in [9.17, 15) is 4.79 Å². The second-order valence-electron chi connectivity index (χ2n) is 4.32. The monoisotopic (exact) mass is 238 g/mol. The van der Waals surface area contributed by atoms with Crippen LogP contribution in [0.2, 0.25) is 0 Å². The lowest BCUT2D eigenvalue weighted by atomic mass is 9.89. The van der Waals surface area contributed by atoms with Crippen molar-refractivity contribution in [3.63, 3.8) is 0 Å². The van der Waals surface area contributed by atoms with Gasteiger partial charge < -0.3 is 14.9 Å². The van der Waals surface area contributed by atoms with Crippen LogP contribution in [0, 0.1) is 0 Å². The fourth-order valence-electron chi connectivity index (χ4n) is 2.22. The van der Waals surface area contributed by atoms with Crippen molar-refractivity contribution in [1.29, 1.82) is 0 Å². The van der Waals surface area contributed by atoms with Crippen LogP contribution in [-0.2, 0) is 4.74 Å². The Morgan fingerprint density at radius 2 is 2.18 bits per heavy atom. The van der Waals surface area contributed by atoms with Crippen LogP contribution in [0.15, 0.2) is 4.42 Å². The van der Waals surface area contributed by atoms with E-state index in [1.165, 1.54) is 19.3 Å². The Hall–Kier alpha value is -1.52. The quantitative estimate of drug-likeness (QED) is 0.818. The van der Waals surface area contributed by atoms with Crippen LogP contribution in [0.5, 0.6) is 0 Å². The summed E-state index contributed by atoms with van der Waals surface area (Å²) >= 11 is 0. The van der Waals surface area contributed by atoms with Gasteiger partial charge in [-0.2, -0.15) is 0 Å². The van der Waals surface area contributed by atoms with Crippen LogP contribution in [0.25, 0.3) is 0 Å². The molecule has 0 spiro atoms. The van der Waals surface area contributed by atoms with E-state index >= 15 is 0 Å². The number of carbonyl (C=O) groups excluding carboxylic acids is 1. The highest BCUT2D eigenvalue weighted by molar-refractivity contribution is 5.91. The molecule has 0 saturated heterocycles. The highest BCUT2D eigenvalue weighted by atomic mass is 16.5. The van der Waals surface area contributed by atoms with Crippen molar-refractivity contribution in [3.8, 4) is 0 Å². The molecule has 1 aromatic rings. The zero-order valence-corrected chi connectivity index (χ0v) is 10.1. The Labute approximate surface area is 100 Å². The molecule has 0 aliphatic heterocycles. The Kier molecular flexibility index (Phi) is 3.66. The van der Waals surface area contributed by atoms with E-state index < -0.39 is 5.97 Å². The smallest absolute Gasteiger partial charge is 0.362 e. The standard InChI is InChI=1S/C12H18N2O3/c1-2-16-12(15)9-10(13)17-11(14-9)8-6-4-3-5-7-8/h8H,2-7,13H2,1H3. The zero-order valence-electron chi connectivity index (χ0n) is 10.1. The average Bonchev–Trinajstić information content (AvgIpc) is 2.73. The summed E-state index contributed by atoms with van der Waals surface area (Å²) in [6.07, 6.45) is 5.74. The molecule has 1 saturated carbocycles. The highest BCUT2D eigenvalue weighted by Crippen LogP contribution is 2.33. The first kappa shape index (κ1) is 12.0. The van der Waals surface area contributed by atoms with Gasteiger partial charge >= 0.3 is 5.97 Å². The number of nitrogen functional groups attached to an aromatic ring is 1. The normalized spacial score (nSPS) is 17.0. The van der Waals surface area contributed by atoms with E-state index in [0.717, 1.165) is 12.8 Å². The van der Waals surface area contributed by atoms with Crippen LogP contribution in [0.3, 0.4) is 0 Å². The van der Waals surface area contributed by atoms with Gasteiger partial charge in [0.1, 0.15) is 0 Å². The van der Waals surface area contributed by atoms with E-state index in [2.05, 4.69) is 4.98 Å². The molecule has 5 nitrogen and oxygen atoms in total. The SMILES string of the molecule is CCOC(=O)c1nc(C2CCCCC2)oc1N. The number of rotatable bonds is 3. The van der Waals surface area contributed by atoms with Gasteiger partial charge in [0, 0.05) is 5.92 Å². The third-order valence-electron chi connectivity index (χ3n) is 3.09. The van der Waals surface area contributed by atoms with Crippen LogP contribution in [0.1, 0.15) is 61.3 Å². The second kappa shape index (κ2) is 5.21. The van der Waals surface area contributed by atoms with Crippen LogP contribution in [-0.4, -0.2) is 17.6 Å². The van der Waals surface area contributed by atoms with E-state index in [-0.39, 0.29) is 11.6 Å². The summed E-state index contributed by atoms with van der Waals surface area (Å²) in [4.78, 5) is 15.7. The van der Waals surface area contributed by atoms with Crippen molar-refractivity contribution < 1.29 is 13.9 Å². The number of ether oxygens (including phenoxy) is 1. The average molecular weight is 238 g/mol. The molecule has 0 amide bonds. The van der Waals surface area contributed by atoms with Crippen molar-refractivity contribution in [2.45, 2.75) is 44.9 Å². The predicted molar refractivity (Wildman–Crippen MR) is 62.7 cm³/mol. The van der Waals surface area contributed by atoms with E-state index in [0.29, 0.717) is 18.4 Å². The minimum absolute atomic E-state index is 0.0732. The lowest BCUT2D eigenvalue weighted by molar-refractivity contribution is 0.0521. The van der Waals surface area contributed by atoms with Crippen molar-refractivity contribution in [2.24, 2.45) is 0 Å². The van der Waals surface area contributed by atoms with Gasteiger partial charge in [-0.15, -0.1) is 0 Å². The molecule has 0 radical (unpaired) electrons. The molecule has 1 aliphatic rings. The molecule has 0 aromatic carbocycles. The lowest BCUT2D eigenvalue weighted by Gasteiger charge is -2.17. The van der Waals surface area contributed by atoms with Crippen molar-refractivity contribution in [3.05, 3.63) is 11.6 Å². The Balaban J connectivity index is 2.14. The summed E-state index contributed by atoms with van der Waals surface area (Å²) < 4.78 is 10.3. The van der Waals surface area contributed by atoms with Crippen molar-refractivity contribution >= 4 is 11.9 Å². The number of esters is 1. The van der Waals surface area contributed by atoms with Crippen LogP contribution >= 0.6 is 0 Å².